The first-order valence-corrected chi connectivity index (χ1v) is 6.11. The molecular weight excluding hydrogens is 285 g/mol. The predicted octanol–water partition coefficient (Wildman–Crippen LogP) is 3.76. The first kappa shape index (κ1) is 13.4. The van der Waals surface area contributed by atoms with E-state index in [0.717, 1.165) is 23.1 Å². The summed E-state index contributed by atoms with van der Waals surface area (Å²) in [5.74, 6) is 2.65. The molecule has 0 unspecified atom stereocenters. The van der Waals surface area contributed by atoms with Crippen molar-refractivity contribution in [1.82, 2.24) is 0 Å². The summed E-state index contributed by atoms with van der Waals surface area (Å²) in [6.45, 7) is 4.02. The summed E-state index contributed by atoms with van der Waals surface area (Å²) in [4.78, 5) is 4.30. The molecule has 0 saturated carbocycles. The average molecular weight is 301 g/mol. The first-order valence-electron chi connectivity index (χ1n) is 4.58. The number of allylic oxidation sites excluding steroid dienone is 4. The van der Waals surface area contributed by atoms with Gasteiger partial charge in [-0.2, -0.15) is 0 Å². The van der Waals surface area contributed by atoms with E-state index in [4.69, 9.17) is 6.42 Å². The third-order valence-corrected chi connectivity index (χ3v) is 1.98. The average Bonchev–Trinajstić information content (AvgIpc) is 2.15. The van der Waals surface area contributed by atoms with Gasteiger partial charge in [0.2, 0.25) is 0 Å². The lowest BCUT2D eigenvalue weighted by molar-refractivity contribution is 1.04. The quantitative estimate of drug-likeness (QED) is 0.183. The van der Waals surface area contributed by atoms with Gasteiger partial charge in [0, 0.05) is 12.1 Å². The van der Waals surface area contributed by atoms with E-state index in [1.165, 1.54) is 5.57 Å². The van der Waals surface area contributed by atoms with Gasteiger partial charge in [0.1, 0.15) is 0 Å². The Morgan fingerprint density at radius 3 is 2.79 bits per heavy atom. The van der Waals surface area contributed by atoms with E-state index in [1.54, 1.807) is 0 Å². The first-order chi connectivity index (χ1) is 6.74. The van der Waals surface area contributed by atoms with Gasteiger partial charge in [-0.15, -0.1) is 12.3 Å². The van der Waals surface area contributed by atoms with Crippen LogP contribution in [0.25, 0.3) is 0 Å². The fraction of sp³-hybridized carbons (Fsp3) is 0.417. The van der Waals surface area contributed by atoms with Crippen LogP contribution in [-0.2, 0) is 0 Å². The van der Waals surface area contributed by atoms with Crippen molar-refractivity contribution >= 4 is 28.3 Å². The van der Waals surface area contributed by atoms with E-state index >= 15 is 0 Å². The monoisotopic (exact) mass is 301 g/mol. The second-order valence-corrected chi connectivity index (χ2v) is 3.52. The van der Waals surface area contributed by atoms with Crippen molar-refractivity contribution in [2.24, 2.45) is 4.99 Å². The molecule has 0 heterocycles. The number of hydrogen-bond donors (Lipinski definition) is 0. The number of aliphatic imine (C=N–C) groups is 1. The van der Waals surface area contributed by atoms with E-state index in [1.807, 2.05) is 19.9 Å². The van der Waals surface area contributed by atoms with Gasteiger partial charge in [-0.1, -0.05) is 34.7 Å². The highest BCUT2D eigenvalue weighted by Gasteiger charge is 1.92. The van der Waals surface area contributed by atoms with Crippen molar-refractivity contribution in [3.63, 3.8) is 0 Å². The molecule has 0 aromatic heterocycles. The molecule has 1 nitrogen and oxygen atoms in total. The van der Waals surface area contributed by atoms with Crippen LogP contribution in [0.1, 0.15) is 26.7 Å². The Morgan fingerprint density at radius 1 is 1.57 bits per heavy atom. The zero-order valence-corrected chi connectivity index (χ0v) is 10.9. The van der Waals surface area contributed by atoms with Gasteiger partial charge < -0.3 is 0 Å². The summed E-state index contributed by atoms with van der Waals surface area (Å²) in [7, 11) is 0. The minimum absolute atomic E-state index is 0.785. The highest BCUT2D eigenvalue weighted by molar-refractivity contribution is 14.1. The Balaban J connectivity index is 4.48. The van der Waals surface area contributed by atoms with Crippen molar-refractivity contribution in [1.29, 1.82) is 0 Å². The smallest absolute Gasteiger partial charge is 0.0907 e. The zero-order chi connectivity index (χ0) is 10.8. The predicted molar refractivity (Wildman–Crippen MR) is 73.0 cm³/mol. The maximum absolute atomic E-state index is 5.23. The number of halogens is 1. The lowest BCUT2D eigenvalue weighted by Gasteiger charge is -1.98. The fourth-order valence-electron chi connectivity index (χ4n) is 1.04. The van der Waals surface area contributed by atoms with Crippen LogP contribution in [0.2, 0.25) is 0 Å². The van der Waals surface area contributed by atoms with Gasteiger partial charge in [-0.3, -0.25) is 4.99 Å². The number of hydrogen-bond acceptors (Lipinski definition) is 1. The Bertz CT molecular complexity index is 279. The second-order valence-electron chi connectivity index (χ2n) is 2.84. The Hall–Kier alpha value is -0.560. The van der Waals surface area contributed by atoms with Crippen molar-refractivity contribution < 1.29 is 0 Å². The zero-order valence-electron chi connectivity index (χ0n) is 8.76. The van der Waals surface area contributed by atoms with Gasteiger partial charge in [0.25, 0.3) is 0 Å². The Kier molecular flexibility index (Phi) is 8.65. The summed E-state index contributed by atoms with van der Waals surface area (Å²) < 4.78 is 0.804. The van der Waals surface area contributed by atoms with Crippen LogP contribution in [0.3, 0.4) is 0 Å². The van der Waals surface area contributed by atoms with E-state index < -0.39 is 0 Å². The number of alkyl halides is 1. The number of rotatable bonds is 5. The maximum atomic E-state index is 5.23. The molecule has 0 spiro atoms. The molecule has 0 aromatic carbocycles. The SMILES string of the molecule is C#CCCC(/C=C\C)=C/C(C)=NCI. The molecule has 0 aliphatic rings. The van der Waals surface area contributed by atoms with Crippen LogP contribution in [-0.4, -0.2) is 10.3 Å². The third-order valence-electron chi connectivity index (χ3n) is 1.64. The molecule has 0 rings (SSSR count). The molecule has 0 amide bonds. The molecule has 76 valence electrons. The Morgan fingerprint density at radius 2 is 2.29 bits per heavy atom. The highest BCUT2D eigenvalue weighted by Crippen LogP contribution is 2.07. The maximum Gasteiger partial charge on any atom is 0.0907 e. The molecule has 0 radical (unpaired) electrons. The highest BCUT2D eigenvalue weighted by atomic mass is 127. The summed E-state index contributed by atoms with van der Waals surface area (Å²) >= 11 is 2.23. The summed E-state index contributed by atoms with van der Waals surface area (Å²) in [5.41, 5.74) is 2.31. The normalized spacial score (nSPS) is 13.3. The van der Waals surface area contributed by atoms with Crippen molar-refractivity contribution in [2.45, 2.75) is 26.7 Å². The van der Waals surface area contributed by atoms with Crippen LogP contribution in [0.15, 0.2) is 28.8 Å². The minimum Gasteiger partial charge on any atom is -0.280 e. The van der Waals surface area contributed by atoms with E-state index in [9.17, 15) is 0 Å². The van der Waals surface area contributed by atoms with E-state index in [-0.39, 0.29) is 0 Å². The van der Waals surface area contributed by atoms with Gasteiger partial charge in [-0.25, -0.2) is 0 Å². The topological polar surface area (TPSA) is 12.4 Å². The number of terminal acetylenes is 1. The van der Waals surface area contributed by atoms with Gasteiger partial charge in [0.05, 0.1) is 4.55 Å². The summed E-state index contributed by atoms with van der Waals surface area (Å²) in [6, 6.07) is 0. The molecule has 0 aliphatic carbocycles. The standard InChI is InChI=1S/C12H16IN/c1-4-6-8-12(7-5-2)9-11(3)14-10-13/h1,5,7,9H,6,8,10H2,2-3H3/b7-5-,12-9+,14-11?. The van der Waals surface area contributed by atoms with Crippen molar-refractivity contribution in [2.75, 3.05) is 4.55 Å². The summed E-state index contributed by atoms with van der Waals surface area (Å²) in [5, 5.41) is 0. The molecular formula is C12H16IN. The van der Waals surface area contributed by atoms with Crippen LogP contribution in [0, 0.1) is 12.3 Å². The number of nitrogens with zero attached hydrogens (tertiary/aromatic N) is 1. The van der Waals surface area contributed by atoms with Gasteiger partial charge in [0.15, 0.2) is 0 Å². The van der Waals surface area contributed by atoms with Crippen molar-refractivity contribution in [3.8, 4) is 12.3 Å². The third kappa shape index (κ3) is 6.90. The molecule has 0 N–H and O–H groups in total. The Labute approximate surface area is 101 Å². The van der Waals surface area contributed by atoms with Gasteiger partial charge in [-0.05, 0) is 31.9 Å². The molecule has 14 heavy (non-hydrogen) atoms. The van der Waals surface area contributed by atoms with Crippen LogP contribution < -0.4 is 0 Å². The van der Waals surface area contributed by atoms with Gasteiger partial charge >= 0.3 is 0 Å². The van der Waals surface area contributed by atoms with Crippen LogP contribution >= 0.6 is 22.6 Å². The molecule has 0 aliphatic heterocycles. The molecule has 0 atom stereocenters. The molecule has 2 heteroatoms. The molecule has 0 aromatic rings. The molecule has 0 saturated heterocycles. The van der Waals surface area contributed by atoms with Crippen LogP contribution in [0.4, 0.5) is 0 Å². The second kappa shape index (κ2) is 9.01. The largest absolute Gasteiger partial charge is 0.280 e. The fourth-order valence-corrected chi connectivity index (χ4v) is 1.58. The van der Waals surface area contributed by atoms with E-state index in [0.29, 0.717) is 0 Å². The van der Waals surface area contributed by atoms with Crippen LogP contribution in [0.5, 0.6) is 0 Å². The lowest BCUT2D eigenvalue weighted by Crippen LogP contribution is -1.89. The molecule has 0 fully saturated rings. The summed E-state index contributed by atoms with van der Waals surface area (Å²) in [6.07, 6.45) is 13.1. The molecule has 0 bridgehead atoms. The van der Waals surface area contributed by atoms with Crippen molar-refractivity contribution in [3.05, 3.63) is 23.8 Å². The van der Waals surface area contributed by atoms with E-state index in [2.05, 4.69) is 45.7 Å². The minimum atomic E-state index is 0.785. The lowest BCUT2D eigenvalue weighted by atomic mass is 10.1.